The Morgan fingerprint density at radius 3 is 2.14 bits per heavy atom. The number of allylic oxidation sites excluding steroid dienone is 5. The molecule has 0 aromatic heterocycles. The van der Waals surface area contributed by atoms with Gasteiger partial charge in [0.1, 0.15) is 0 Å². The Balaban J connectivity index is 2.32. The summed E-state index contributed by atoms with van der Waals surface area (Å²) in [6.45, 7) is 5.05. The van der Waals surface area contributed by atoms with Crippen LogP contribution in [0.2, 0.25) is 0 Å². The van der Waals surface area contributed by atoms with Crippen molar-refractivity contribution in [2.45, 2.75) is 84.5 Å². The van der Waals surface area contributed by atoms with Crippen LogP contribution in [0.15, 0.2) is 36.0 Å². The molecule has 0 fully saturated rings. The normalized spacial score (nSPS) is 17.1. The van der Waals surface area contributed by atoms with Crippen molar-refractivity contribution in [3.05, 3.63) is 36.0 Å². The lowest BCUT2D eigenvalue weighted by Gasteiger charge is -2.21. The minimum absolute atomic E-state index is 0.281. The summed E-state index contributed by atoms with van der Waals surface area (Å²) in [5.41, 5.74) is 0.494. The molecule has 0 amide bonds. The molecule has 0 saturated heterocycles. The highest BCUT2D eigenvalue weighted by Gasteiger charge is 2.31. The predicted molar refractivity (Wildman–Crippen MR) is 114 cm³/mol. The topological polar surface area (TPSA) is 52.6 Å². The molecule has 1 unspecified atom stereocenters. The monoisotopic (exact) mass is 390 g/mol. The van der Waals surface area contributed by atoms with Gasteiger partial charge < -0.3 is 9.47 Å². The molecule has 0 bridgehead atoms. The van der Waals surface area contributed by atoms with Crippen LogP contribution in [0.5, 0.6) is 0 Å². The standard InChI is InChI=1S/C24H38O4/c1-3-5-7-9-11-15-19-27-23(25)21-17-13-14-18-22(21)24(26)28-20-16-12-10-8-6-4-2/h5-8,17,22H,3-4,9-16,18-20H2,1-2H3/b7-5+,8-6+. The summed E-state index contributed by atoms with van der Waals surface area (Å²) in [5, 5.41) is 0. The molecule has 0 aliphatic heterocycles. The largest absolute Gasteiger partial charge is 0.465 e. The van der Waals surface area contributed by atoms with E-state index in [0.29, 0.717) is 25.2 Å². The average molecular weight is 391 g/mol. The maximum atomic E-state index is 12.4. The van der Waals surface area contributed by atoms with Gasteiger partial charge in [-0.1, -0.05) is 44.2 Å². The van der Waals surface area contributed by atoms with Gasteiger partial charge in [-0.05, 0) is 70.6 Å². The molecule has 1 aliphatic rings. The maximum Gasteiger partial charge on any atom is 0.334 e. The van der Waals surface area contributed by atoms with E-state index in [0.717, 1.165) is 64.2 Å². The van der Waals surface area contributed by atoms with Crippen molar-refractivity contribution in [2.24, 2.45) is 5.92 Å². The molecule has 28 heavy (non-hydrogen) atoms. The molecule has 0 aromatic carbocycles. The summed E-state index contributed by atoms with van der Waals surface area (Å²) in [7, 11) is 0. The fourth-order valence-electron chi connectivity index (χ4n) is 3.17. The molecular formula is C24H38O4. The van der Waals surface area contributed by atoms with Gasteiger partial charge in [-0.25, -0.2) is 4.79 Å². The number of ether oxygens (including phenoxy) is 2. The zero-order valence-corrected chi connectivity index (χ0v) is 17.8. The molecule has 158 valence electrons. The molecule has 1 aliphatic carbocycles. The summed E-state index contributed by atoms with van der Waals surface area (Å²) >= 11 is 0. The minimum atomic E-state index is -0.464. The van der Waals surface area contributed by atoms with Gasteiger partial charge in [0.15, 0.2) is 0 Å². The number of carbonyl (C=O) groups is 2. The summed E-state index contributed by atoms with van der Waals surface area (Å²) in [4.78, 5) is 24.8. The Morgan fingerprint density at radius 2 is 1.54 bits per heavy atom. The first-order valence-corrected chi connectivity index (χ1v) is 11.0. The lowest BCUT2D eigenvalue weighted by molar-refractivity contribution is -0.151. The van der Waals surface area contributed by atoms with Gasteiger partial charge in [0.05, 0.1) is 19.1 Å². The molecule has 0 radical (unpaired) electrons. The highest BCUT2D eigenvalue weighted by atomic mass is 16.5. The number of hydrogen-bond donors (Lipinski definition) is 0. The van der Waals surface area contributed by atoms with E-state index in [1.54, 1.807) is 0 Å². The van der Waals surface area contributed by atoms with Crippen molar-refractivity contribution in [3.63, 3.8) is 0 Å². The second-order valence-corrected chi connectivity index (χ2v) is 7.20. The fourth-order valence-corrected chi connectivity index (χ4v) is 3.17. The Labute approximate surface area is 171 Å². The Hall–Kier alpha value is -1.84. The van der Waals surface area contributed by atoms with Crippen LogP contribution < -0.4 is 0 Å². The molecule has 0 heterocycles. The number of carbonyl (C=O) groups excluding carboxylic acids is 2. The lowest BCUT2D eigenvalue weighted by atomic mass is 9.87. The third kappa shape index (κ3) is 10.5. The number of unbranched alkanes of at least 4 members (excludes halogenated alkanes) is 4. The van der Waals surface area contributed by atoms with Gasteiger partial charge in [0.25, 0.3) is 0 Å². The van der Waals surface area contributed by atoms with Crippen LogP contribution in [0.4, 0.5) is 0 Å². The van der Waals surface area contributed by atoms with Crippen molar-refractivity contribution in [1.29, 1.82) is 0 Å². The van der Waals surface area contributed by atoms with Gasteiger partial charge in [0, 0.05) is 5.57 Å². The third-order valence-corrected chi connectivity index (χ3v) is 4.77. The van der Waals surface area contributed by atoms with Gasteiger partial charge in [-0.2, -0.15) is 0 Å². The van der Waals surface area contributed by atoms with Crippen molar-refractivity contribution < 1.29 is 19.1 Å². The highest BCUT2D eigenvalue weighted by Crippen LogP contribution is 2.27. The minimum Gasteiger partial charge on any atom is -0.465 e. The Bertz CT molecular complexity index is 531. The number of esters is 2. The summed E-state index contributed by atoms with van der Waals surface area (Å²) in [5.74, 6) is -1.10. The van der Waals surface area contributed by atoms with Crippen LogP contribution in [0.1, 0.15) is 84.5 Å². The molecular weight excluding hydrogens is 352 g/mol. The summed E-state index contributed by atoms with van der Waals surface area (Å²) < 4.78 is 10.8. The zero-order chi connectivity index (χ0) is 20.5. The first-order chi connectivity index (χ1) is 13.7. The van der Waals surface area contributed by atoms with Gasteiger partial charge in [-0.3, -0.25) is 4.79 Å². The van der Waals surface area contributed by atoms with Crippen LogP contribution in [0.3, 0.4) is 0 Å². The van der Waals surface area contributed by atoms with Gasteiger partial charge in [-0.15, -0.1) is 0 Å². The van der Waals surface area contributed by atoms with Crippen molar-refractivity contribution in [2.75, 3.05) is 13.2 Å². The van der Waals surface area contributed by atoms with E-state index in [4.69, 9.17) is 9.47 Å². The van der Waals surface area contributed by atoms with Crippen LogP contribution in [-0.2, 0) is 19.1 Å². The van der Waals surface area contributed by atoms with E-state index in [9.17, 15) is 9.59 Å². The molecule has 0 aromatic rings. The number of rotatable bonds is 14. The second kappa shape index (κ2) is 16.1. The molecule has 1 rings (SSSR count). The molecule has 4 nitrogen and oxygen atoms in total. The van der Waals surface area contributed by atoms with Crippen molar-refractivity contribution >= 4 is 11.9 Å². The molecule has 0 saturated carbocycles. The van der Waals surface area contributed by atoms with E-state index in [2.05, 4.69) is 38.2 Å². The van der Waals surface area contributed by atoms with E-state index < -0.39 is 5.92 Å². The second-order valence-electron chi connectivity index (χ2n) is 7.20. The lowest BCUT2D eigenvalue weighted by Crippen LogP contribution is -2.27. The first-order valence-electron chi connectivity index (χ1n) is 11.0. The van der Waals surface area contributed by atoms with Crippen LogP contribution in [0, 0.1) is 5.92 Å². The smallest absolute Gasteiger partial charge is 0.334 e. The SMILES string of the molecule is CC/C=C/CCCCOC(=O)C1=CCCCC1C(=O)OCCCC/C=C/CC. The summed E-state index contributed by atoms with van der Waals surface area (Å²) in [6, 6.07) is 0. The molecule has 0 spiro atoms. The van der Waals surface area contributed by atoms with Crippen molar-refractivity contribution in [1.82, 2.24) is 0 Å². The van der Waals surface area contributed by atoms with E-state index >= 15 is 0 Å². The van der Waals surface area contributed by atoms with Gasteiger partial charge in [0.2, 0.25) is 0 Å². The summed E-state index contributed by atoms with van der Waals surface area (Å²) in [6.07, 6.45) is 20.7. The predicted octanol–water partition coefficient (Wildman–Crippen LogP) is 6.07. The Kier molecular flexibility index (Phi) is 14.0. The quantitative estimate of drug-likeness (QED) is 0.205. The first kappa shape index (κ1) is 24.2. The highest BCUT2D eigenvalue weighted by molar-refractivity contribution is 5.95. The maximum absolute atomic E-state index is 12.4. The van der Waals surface area contributed by atoms with E-state index in [-0.39, 0.29) is 11.9 Å². The van der Waals surface area contributed by atoms with Crippen LogP contribution in [-0.4, -0.2) is 25.2 Å². The molecule has 0 N–H and O–H groups in total. The van der Waals surface area contributed by atoms with Crippen molar-refractivity contribution in [3.8, 4) is 0 Å². The van der Waals surface area contributed by atoms with Gasteiger partial charge >= 0.3 is 11.9 Å². The molecule has 1 atom stereocenters. The van der Waals surface area contributed by atoms with Crippen LogP contribution >= 0.6 is 0 Å². The van der Waals surface area contributed by atoms with E-state index in [1.165, 1.54) is 0 Å². The fraction of sp³-hybridized carbons (Fsp3) is 0.667. The number of hydrogen-bond acceptors (Lipinski definition) is 4. The average Bonchev–Trinajstić information content (AvgIpc) is 2.72. The van der Waals surface area contributed by atoms with E-state index in [1.807, 2.05) is 6.08 Å². The zero-order valence-electron chi connectivity index (χ0n) is 17.8. The Morgan fingerprint density at radius 1 is 0.929 bits per heavy atom. The molecule has 4 heteroatoms. The van der Waals surface area contributed by atoms with Crippen LogP contribution in [0.25, 0.3) is 0 Å². The third-order valence-electron chi connectivity index (χ3n) is 4.77.